The van der Waals surface area contributed by atoms with E-state index in [2.05, 4.69) is 20.3 Å². The highest BCUT2D eigenvalue weighted by atomic mass is 32.2. The number of alkyl halides is 2. The van der Waals surface area contributed by atoms with Crippen LogP contribution in [0.1, 0.15) is 30.1 Å². The number of Topliss-reactive ketones (excluding diaryl/α,β-unsaturated/α-hetero) is 1. The van der Waals surface area contributed by atoms with Crippen molar-refractivity contribution in [3.05, 3.63) is 54.1 Å². The fraction of sp³-hybridized carbons (Fsp3) is 0.238. The highest BCUT2D eigenvalue weighted by Gasteiger charge is 2.12. The lowest BCUT2D eigenvalue weighted by molar-refractivity contribution is -0.116. The predicted molar refractivity (Wildman–Crippen MR) is 111 cm³/mol. The second-order valence-electron chi connectivity index (χ2n) is 6.38. The van der Waals surface area contributed by atoms with Gasteiger partial charge in [-0.05, 0) is 49.7 Å². The number of aromatic nitrogens is 2. The van der Waals surface area contributed by atoms with Gasteiger partial charge in [0.2, 0.25) is 11.8 Å². The molecule has 31 heavy (non-hydrogen) atoms. The van der Waals surface area contributed by atoms with Gasteiger partial charge in [-0.3, -0.25) is 9.59 Å². The van der Waals surface area contributed by atoms with Crippen molar-refractivity contribution in [1.82, 2.24) is 10.2 Å². The van der Waals surface area contributed by atoms with Crippen LogP contribution >= 0.6 is 11.8 Å². The summed E-state index contributed by atoms with van der Waals surface area (Å²) in [4.78, 5) is 23.8. The minimum absolute atomic E-state index is 0.0390. The first-order chi connectivity index (χ1) is 14.9. The number of ether oxygens (including phenoxy) is 1. The van der Waals surface area contributed by atoms with Gasteiger partial charge in [0.05, 0.1) is 5.69 Å². The average Bonchev–Trinajstić information content (AvgIpc) is 3.20. The van der Waals surface area contributed by atoms with Crippen molar-refractivity contribution in [2.45, 2.75) is 31.6 Å². The van der Waals surface area contributed by atoms with Crippen LogP contribution in [0.25, 0.3) is 11.5 Å². The molecule has 0 radical (unpaired) electrons. The molecule has 1 heterocycles. The fourth-order valence-corrected chi connectivity index (χ4v) is 3.37. The summed E-state index contributed by atoms with van der Waals surface area (Å²) in [6, 6.07) is 12.7. The fourth-order valence-electron chi connectivity index (χ4n) is 2.67. The lowest BCUT2D eigenvalue weighted by Gasteiger charge is -2.08. The Labute approximate surface area is 181 Å². The third kappa shape index (κ3) is 6.61. The molecule has 0 bridgehead atoms. The van der Waals surface area contributed by atoms with Gasteiger partial charge in [0.25, 0.3) is 5.22 Å². The largest absolute Gasteiger partial charge is 0.435 e. The maximum absolute atomic E-state index is 12.2. The Morgan fingerprint density at radius 1 is 1.13 bits per heavy atom. The van der Waals surface area contributed by atoms with Crippen LogP contribution in [0.5, 0.6) is 5.75 Å². The summed E-state index contributed by atoms with van der Waals surface area (Å²) < 4.78 is 34.2. The number of carbonyl (C=O) groups excluding carboxylic acids is 2. The molecule has 162 valence electrons. The van der Waals surface area contributed by atoms with E-state index in [0.717, 1.165) is 0 Å². The van der Waals surface area contributed by atoms with E-state index in [1.165, 1.54) is 30.8 Å². The highest BCUT2D eigenvalue weighted by Crippen LogP contribution is 2.26. The number of anilines is 1. The van der Waals surface area contributed by atoms with E-state index in [1.807, 2.05) is 0 Å². The lowest BCUT2D eigenvalue weighted by atomic mass is 10.1. The number of para-hydroxylation sites is 1. The summed E-state index contributed by atoms with van der Waals surface area (Å²) in [5.41, 5.74) is 1.54. The van der Waals surface area contributed by atoms with E-state index in [4.69, 9.17) is 4.42 Å². The Kier molecular flexibility index (Phi) is 7.71. The van der Waals surface area contributed by atoms with Gasteiger partial charge in [0.15, 0.2) is 5.78 Å². The van der Waals surface area contributed by atoms with Crippen molar-refractivity contribution >= 4 is 29.1 Å². The molecule has 0 aliphatic heterocycles. The molecule has 1 aromatic heterocycles. The molecule has 3 aromatic rings. The number of hydrogen-bond donors (Lipinski definition) is 1. The number of ketones is 1. The van der Waals surface area contributed by atoms with Gasteiger partial charge < -0.3 is 14.5 Å². The van der Waals surface area contributed by atoms with Crippen LogP contribution in [0, 0.1) is 0 Å². The molecule has 0 saturated heterocycles. The second kappa shape index (κ2) is 10.7. The maximum atomic E-state index is 12.2. The summed E-state index contributed by atoms with van der Waals surface area (Å²) in [7, 11) is 0. The Balaban J connectivity index is 1.45. The van der Waals surface area contributed by atoms with E-state index >= 15 is 0 Å². The highest BCUT2D eigenvalue weighted by molar-refractivity contribution is 7.99. The number of halogens is 2. The first-order valence-corrected chi connectivity index (χ1v) is 10.3. The molecule has 7 nitrogen and oxygen atoms in total. The molecular weight excluding hydrogens is 428 g/mol. The Morgan fingerprint density at radius 3 is 2.58 bits per heavy atom. The molecule has 10 heteroatoms. The molecule has 0 spiro atoms. The van der Waals surface area contributed by atoms with E-state index in [0.29, 0.717) is 34.2 Å². The van der Waals surface area contributed by atoms with Crippen molar-refractivity contribution in [2.75, 3.05) is 11.1 Å². The van der Waals surface area contributed by atoms with Crippen LogP contribution in [0.15, 0.2) is 58.2 Å². The first kappa shape index (κ1) is 22.4. The van der Waals surface area contributed by atoms with Gasteiger partial charge in [0, 0.05) is 23.3 Å². The molecule has 0 atom stereocenters. The van der Waals surface area contributed by atoms with Crippen molar-refractivity contribution in [3.8, 4) is 17.2 Å². The van der Waals surface area contributed by atoms with E-state index in [1.54, 1.807) is 36.4 Å². The number of carbonyl (C=O) groups is 2. The Bertz CT molecular complexity index is 1040. The number of nitrogens with one attached hydrogen (secondary N) is 1. The zero-order chi connectivity index (χ0) is 22.2. The van der Waals surface area contributed by atoms with Crippen LogP contribution in [0.4, 0.5) is 14.5 Å². The van der Waals surface area contributed by atoms with Crippen LogP contribution in [-0.4, -0.2) is 34.3 Å². The summed E-state index contributed by atoms with van der Waals surface area (Å²) in [5, 5.41) is 11.0. The summed E-state index contributed by atoms with van der Waals surface area (Å²) in [5.74, 6) is 0.563. The van der Waals surface area contributed by atoms with Crippen LogP contribution in [-0.2, 0) is 4.79 Å². The molecule has 0 unspecified atom stereocenters. The molecule has 0 aliphatic rings. The molecule has 1 N–H and O–H groups in total. The van der Waals surface area contributed by atoms with Crippen molar-refractivity contribution in [3.63, 3.8) is 0 Å². The normalized spacial score (nSPS) is 10.8. The molecule has 0 saturated carbocycles. The summed E-state index contributed by atoms with van der Waals surface area (Å²) in [6.07, 6.45) is 0.835. The SMILES string of the molecule is CC(=O)c1ccccc1NC(=O)CCCSc1nnc(-c2ccc(OC(F)F)cc2)o1. The predicted octanol–water partition coefficient (Wildman–Crippen LogP) is 5.05. The average molecular weight is 447 g/mol. The third-order valence-corrected chi connectivity index (χ3v) is 4.99. The molecule has 2 aromatic carbocycles. The van der Waals surface area contributed by atoms with Crippen LogP contribution < -0.4 is 10.1 Å². The number of rotatable bonds is 10. The minimum Gasteiger partial charge on any atom is -0.435 e. The van der Waals surface area contributed by atoms with Gasteiger partial charge >= 0.3 is 6.61 Å². The van der Waals surface area contributed by atoms with Crippen molar-refractivity contribution in [1.29, 1.82) is 0 Å². The summed E-state index contributed by atoms with van der Waals surface area (Å²) >= 11 is 1.31. The number of hydrogen-bond acceptors (Lipinski definition) is 7. The number of nitrogens with zero attached hydrogens (tertiary/aromatic N) is 2. The Morgan fingerprint density at radius 2 is 1.87 bits per heavy atom. The van der Waals surface area contributed by atoms with Gasteiger partial charge in [-0.1, -0.05) is 23.9 Å². The number of benzene rings is 2. The topological polar surface area (TPSA) is 94.3 Å². The van der Waals surface area contributed by atoms with Gasteiger partial charge in [0.1, 0.15) is 5.75 Å². The van der Waals surface area contributed by atoms with E-state index in [-0.39, 0.29) is 29.8 Å². The van der Waals surface area contributed by atoms with Crippen molar-refractivity contribution in [2.24, 2.45) is 0 Å². The lowest BCUT2D eigenvalue weighted by Crippen LogP contribution is -2.13. The van der Waals surface area contributed by atoms with Gasteiger partial charge in [-0.25, -0.2) is 0 Å². The number of thioether (sulfide) groups is 1. The Hall–Kier alpha value is -3.27. The molecule has 1 amide bonds. The van der Waals surface area contributed by atoms with Crippen LogP contribution in [0.3, 0.4) is 0 Å². The van der Waals surface area contributed by atoms with Gasteiger partial charge in [-0.2, -0.15) is 8.78 Å². The first-order valence-electron chi connectivity index (χ1n) is 9.34. The standard InChI is InChI=1S/C21H19F2N3O4S/c1-13(27)16-5-2-3-6-17(16)24-18(28)7-4-12-31-21-26-25-19(30-21)14-8-10-15(11-9-14)29-20(22)23/h2-3,5-6,8-11,20H,4,7,12H2,1H3,(H,24,28). The van der Waals surface area contributed by atoms with Crippen LogP contribution in [0.2, 0.25) is 0 Å². The molecular formula is C21H19F2N3O4S. The smallest absolute Gasteiger partial charge is 0.387 e. The monoisotopic (exact) mass is 447 g/mol. The zero-order valence-corrected chi connectivity index (χ0v) is 17.3. The van der Waals surface area contributed by atoms with Gasteiger partial charge in [-0.15, -0.1) is 10.2 Å². The summed E-state index contributed by atoms with van der Waals surface area (Å²) in [6.45, 7) is -1.44. The number of amides is 1. The third-order valence-electron chi connectivity index (χ3n) is 4.09. The van der Waals surface area contributed by atoms with E-state index in [9.17, 15) is 18.4 Å². The minimum atomic E-state index is -2.89. The molecule has 3 rings (SSSR count). The zero-order valence-electron chi connectivity index (χ0n) is 16.5. The molecule has 0 aliphatic carbocycles. The quantitative estimate of drug-likeness (QED) is 0.264. The van der Waals surface area contributed by atoms with E-state index < -0.39 is 6.61 Å². The maximum Gasteiger partial charge on any atom is 0.387 e. The molecule has 0 fully saturated rings. The second-order valence-corrected chi connectivity index (χ2v) is 7.42. The van der Waals surface area contributed by atoms with Crippen molar-refractivity contribution < 1.29 is 27.5 Å².